The second kappa shape index (κ2) is 5.90. The molecule has 0 aliphatic heterocycles. The average Bonchev–Trinajstić information content (AvgIpc) is 2.29. The van der Waals surface area contributed by atoms with E-state index in [1.807, 2.05) is 0 Å². The molecule has 0 fully saturated rings. The molecule has 0 aliphatic carbocycles. The number of hydrogen-bond acceptors (Lipinski definition) is 3. The van der Waals surface area contributed by atoms with Crippen molar-refractivity contribution < 1.29 is 18.7 Å². The molecule has 3 nitrogen and oxygen atoms in total. The molecule has 4 heteroatoms. The molecule has 1 rings (SSSR count). The zero-order chi connectivity index (χ0) is 12.0. The van der Waals surface area contributed by atoms with Crippen LogP contribution < -0.4 is 4.74 Å². The lowest BCUT2D eigenvalue weighted by atomic mass is 10.1. The summed E-state index contributed by atoms with van der Waals surface area (Å²) in [5.74, 6) is -0.998. The maximum atomic E-state index is 13.6. The summed E-state index contributed by atoms with van der Waals surface area (Å²) in [7, 11) is 1.44. The van der Waals surface area contributed by atoms with Crippen LogP contribution in [0.4, 0.5) is 4.39 Å². The number of carbonyl (C=O) groups excluding carboxylic acids is 1. The predicted octanol–water partition coefficient (Wildman–Crippen LogP) is 2.57. The van der Waals surface area contributed by atoms with Crippen LogP contribution in [0.25, 0.3) is 5.83 Å². The topological polar surface area (TPSA) is 35.5 Å². The van der Waals surface area contributed by atoms with E-state index in [1.165, 1.54) is 13.2 Å². The standard InChI is InChI=1S/C12H13FO3/c1-3-16-12(14)8-10(13)9-6-4-5-7-11(9)15-2/h4-8H,3H2,1-2H3/b10-8+. The maximum absolute atomic E-state index is 13.6. The van der Waals surface area contributed by atoms with Crippen molar-refractivity contribution in [2.24, 2.45) is 0 Å². The number of methoxy groups -OCH3 is 1. The quantitative estimate of drug-likeness (QED) is 0.582. The number of para-hydroxylation sites is 1. The van der Waals surface area contributed by atoms with Gasteiger partial charge in [0, 0.05) is 0 Å². The molecule has 0 atom stereocenters. The Morgan fingerprint density at radius 2 is 2.12 bits per heavy atom. The molecule has 0 amide bonds. The van der Waals surface area contributed by atoms with E-state index < -0.39 is 11.8 Å². The smallest absolute Gasteiger partial charge is 0.333 e. The first kappa shape index (κ1) is 12.2. The summed E-state index contributed by atoms with van der Waals surface area (Å²) in [6.07, 6.45) is 0.807. The summed E-state index contributed by atoms with van der Waals surface area (Å²) in [6.45, 7) is 1.88. The zero-order valence-electron chi connectivity index (χ0n) is 9.20. The van der Waals surface area contributed by atoms with Crippen LogP contribution in [-0.4, -0.2) is 19.7 Å². The number of hydrogen-bond donors (Lipinski definition) is 0. The molecule has 0 heterocycles. The Balaban J connectivity index is 2.95. The first-order chi connectivity index (χ1) is 7.69. The van der Waals surface area contributed by atoms with Crippen LogP contribution in [0.3, 0.4) is 0 Å². The van der Waals surface area contributed by atoms with Crippen molar-refractivity contribution in [3.05, 3.63) is 35.9 Å². The molecule has 1 aromatic carbocycles. The lowest BCUT2D eigenvalue weighted by Gasteiger charge is -2.05. The van der Waals surface area contributed by atoms with Gasteiger partial charge in [0.1, 0.15) is 11.6 Å². The van der Waals surface area contributed by atoms with Crippen LogP contribution >= 0.6 is 0 Å². The number of rotatable bonds is 4. The third-order valence-corrected chi connectivity index (χ3v) is 1.90. The Morgan fingerprint density at radius 1 is 1.44 bits per heavy atom. The summed E-state index contributed by atoms with van der Waals surface area (Å²) in [6, 6.07) is 6.54. The van der Waals surface area contributed by atoms with E-state index in [2.05, 4.69) is 4.74 Å². The molecule has 0 spiro atoms. The maximum Gasteiger partial charge on any atom is 0.333 e. The second-order valence-corrected chi connectivity index (χ2v) is 2.94. The van der Waals surface area contributed by atoms with Gasteiger partial charge in [-0.1, -0.05) is 12.1 Å². The van der Waals surface area contributed by atoms with Crippen LogP contribution in [-0.2, 0) is 9.53 Å². The van der Waals surface area contributed by atoms with Crippen LogP contribution in [0.2, 0.25) is 0 Å². The van der Waals surface area contributed by atoms with E-state index in [-0.39, 0.29) is 12.2 Å². The second-order valence-electron chi connectivity index (χ2n) is 2.94. The van der Waals surface area contributed by atoms with Crippen molar-refractivity contribution in [3.8, 4) is 5.75 Å². The third-order valence-electron chi connectivity index (χ3n) is 1.90. The molecule has 0 aliphatic rings. The molecule has 0 N–H and O–H groups in total. The number of carbonyl (C=O) groups is 1. The fourth-order valence-corrected chi connectivity index (χ4v) is 1.21. The molecule has 1 aromatic rings. The minimum atomic E-state index is -0.703. The Bertz CT molecular complexity index is 399. The van der Waals surface area contributed by atoms with Gasteiger partial charge in [-0.05, 0) is 19.1 Å². The number of ether oxygens (including phenoxy) is 2. The van der Waals surface area contributed by atoms with Gasteiger partial charge in [-0.25, -0.2) is 9.18 Å². The fourth-order valence-electron chi connectivity index (χ4n) is 1.21. The first-order valence-electron chi connectivity index (χ1n) is 4.86. The normalized spacial score (nSPS) is 11.1. The summed E-state index contributed by atoms with van der Waals surface area (Å²) in [5, 5.41) is 0. The highest BCUT2D eigenvalue weighted by atomic mass is 19.1. The van der Waals surface area contributed by atoms with Crippen molar-refractivity contribution >= 4 is 11.8 Å². The lowest BCUT2D eigenvalue weighted by Crippen LogP contribution is -2.00. The number of benzene rings is 1. The van der Waals surface area contributed by atoms with E-state index in [4.69, 9.17) is 4.74 Å². The van der Waals surface area contributed by atoms with E-state index in [0.29, 0.717) is 5.75 Å². The summed E-state index contributed by atoms with van der Waals surface area (Å²) < 4.78 is 23.2. The van der Waals surface area contributed by atoms with E-state index in [1.54, 1.807) is 25.1 Å². The Morgan fingerprint density at radius 3 is 2.75 bits per heavy atom. The molecule has 0 bridgehead atoms. The third kappa shape index (κ3) is 3.08. The van der Waals surface area contributed by atoms with Gasteiger partial charge in [0.05, 0.1) is 25.4 Å². The van der Waals surface area contributed by atoms with E-state index >= 15 is 0 Å². The Kier molecular flexibility index (Phi) is 4.51. The average molecular weight is 224 g/mol. The highest BCUT2D eigenvalue weighted by molar-refractivity contribution is 5.90. The molecule has 0 aromatic heterocycles. The Hall–Kier alpha value is -1.84. The van der Waals surface area contributed by atoms with Gasteiger partial charge >= 0.3 is 5.97 Å². The molecule has 16 heavy (non-hydrogen) atoms. The monoisotopic (exact) mass is 224 g/mol. The first-order valence-corrected chi connectivity index (χ1v) is 4.86. The van der Waals surface area contributed by atoms with Gasteiger partial charge < -0.3 is 9.47 Å². The highest BCUT2D eigenvalue weighted by Crippen LogP contribution is 2.26. The van der Waals surface area contributed by atoms with Crippen LogP contribution in [0, 0.1) is 0 Å². The minimum Gasteiger partial charge on any atom is -0.496 e. The van der Waals surface area contributed by atoms with Crippen molar-refractivity contribution in [2.75, 3.05) is 13.7 Å². The van der Waals surface area contributed by atoms with Gasteiger partial charge in [0.2, 0.25) is 0 Å². The molecular weight excluding hydrogens is 211 g/mol. The van der Waals surface area contributed by atoms with Crippen molar-refractivity contribution in [1.29, 1.82) is 0 Å². The molecule has 0 saturated heterocycles. The fraction of sp³-hybridized carbons (Fsp3) is 0.250. The predicted molar refractivity (Wildman–Crippen MR) is 58.7 cm³/mol. The molecule has 0 radical (unpaired) electrons. The summed E-state index contributed by atoms with van der Waals surface area (Å²) in [4.78, 5) is 11.0. The van der Waals surface area contributed by atoms with Crippen LogP contribution in [0.15, 0.2) is 30.3 Å². The molecule has 86 valence electrons. The van der Waals surface area contributed by atoms with E-state index in [0.717, 1.165) is 6.08 Å². The summed E-state index contributed by atoms with van der Waals surface area (Å²) >= 11 is 0. The largest absolute Gasteiger partial charge is 0.496 e. The van der Waals surface area contributed by atoms with Gasteiger partial charge in [-0.3, -0.25) is 0 Å². The van der Waals surface area contributed by atoms with Crippen LogP contribution in [0.5, 0.6) is 5.75 Å². The van der Waals surface area contributed by atoms with Gasteiger partial charge in [0.15, 0.2) is 0 Å². The zero-order valence-corrected chi connectivity index (χ0v) is 9.20. The van der Waals surface area contributed by atoms with Crippen molar-refractivity contribution in [1.82, 2.24) is 0 Å². The van der Waals surface area contributed by atoms with Crippen LogP contribution in [0.1, 0.15) is 12.5 Å². The van der Waals surface area contributed by atoms with Gasteiger partial charge in [-0.2, -0.15) is 0 Å². The number of esters is 1. The molecular formula is C12H13FO3. The van der Waals surface area contributed by atoms with Gasteiger partial charge in [0.25, 0.3) is 0 Å². The Labute approximate surface area is 93.5 Å². The summed E-state index contributed by atoms with van der Waals surface area (Å²) in [5.41, 5.74) is 0.234. The van der Waals surface area contributed by atoms with Crippen molar-refractivity contribution in [2.45, 2.75) is 6.92 Å². The number of halogens is 1. The lowest BCUT2D eigenvalue weighted by molar-refractivity contribution is -0.137. The molecule has 0 unspecified atom stereocenters. The van der Waals surface area contributed by atoms with E-state index in [9.17, 15) is 9.18 Å². The van der Waals surface area contributed by atoms with Crippen molar-refractivity contribution in [3.63, 3.8) is 0 Å². The van der Waals surface area contributed by atoms with Gasteiger partial charge in [-0.15, -0.1) is 0 Å². The highest BCUT2D eigenvalue weighted by Gasteiger charge is 2.09. The molecule has 0 saturated carbocycles. The minimum absolute atomic E-state index is 0.217. The SMILES string of the molecule is CCOC(=O)/C=C(/F)c1ccccc1OC.